The van der Waals surface area contributed by atoms with Gasteiger partial charge in [0.1, 0.15) is 29.7 Å². The number of carbonyl (C=O) groups excluding carboxylic acids is 1. The topological polar surface area (TPSA) is 60.9 Å². The molecular weight excluding hydrogens is 340 g/mol. The molecule has 0 saturated heterocycles. The largest absolute Gasteiger partial charge is 0.497 e. The molecule has 7 heteroatoms. The number of benzene rings is 1. The first-order valence-corrected chi connectivity index (χ1v) is 9.01. The Kier molecular flexibility index (Phi) is 7.69. The zero-order valence-corrected chi connectivity index (χ0v) is 15.7. The molecule has 0 aliphatic heterocycles. The molecular formula is C18H24N2O4S. The monoisotopic (exact) mass is 364 g/mol. The highest BCUT2D eigenvalue weighted by molar-refractivity contribution is 7.09. The number of ether oxygens (including phenoxy) is 3. The number of amides is 1. The van der Waals surface area contributed by atoms with E-state index < -0.39 is 0 Å². The summed E-state index contributed by atoms with van der Waals surface area (Å²) in [6, 6.07) is 7.43. The third kappa shape index (κ3) is 6.03. The van der Waals surface area contributed by atoms with Crippen LogP contribution < -0.4 is 9.47 Å². The van der Waals surface area contributed by atoms with Gasteiger partial charge < -0.3 is 19.1 Å². The second-order valence-electron chi connectivity index (χ2n) is 5.45. The fourth-order valence-electron chi connectivity index (χ4n) is 2.28. The van der Waals surface area contributed by atoms with Crippen molar-refractivity contribution in [3.8, 4) is 11.5 Å². The molecule has 0 atom stereocenters. The lowest BCUT2D eigenvalue weighted by atomic mass is 10.3. The summed E-state index contributed by atoms with van der Waals surface area (Å²) in [5.41, 5.74) is 0.872. The average Bonchev–Trinajstić information content (AvgIpc) is 3.08. The van der Waals surface area contributed by atoms with Crippen LogP contribution in [0, 0.1) is 0 Å². The molecule has 0 N–H and O–H groups in total. The lowest BCUT2D eigenvalue weighted by Crippen LogP contribution is -2.34. The van der Waals surface area contributed by atoms with E-state index in [4.69, 9.17) is 14.2 Å². The first-order valence-electron chi connectivity index (χ1n) is 8.13. The smallest absolute Gasteiger partial charge is 0.248 e. The summed E-state index contributed by atoms with van der Waals surface area (Å²) in [6.45, 7) is 3.73. The summed E-state index contributed by atoms with van der Waals surface area (Å²) < 4.78 is 15.8. The van der Waals surface area contributed by atoms with Gasteiger partial charge in [0.2, 0.25) is 5.91 Å². The molecule has 1 aromatic carbocycles. The molecule has 1 heterocycles. The normalized spacial score (nSPS) is 10.5. The number of methoxy groups -OCH3 is 2. The fraction of sp³-hybridized carbons (Fsp3) is 0.444. The van der Waals surface area contributed by atoms with Gasteiger partial charge in [0.25, 0.3) is 0 Å². The van der Waals surface area contributed by atoms with Crippen LogP contribution in [0.15, 0.2) is 29.6 Å². The molecule has 0 aliphatic rings. The van der Waals surface area contributed by atoms with Crippen molar-refractivity contribution in [2.45, 2.75) is 26.5 Å². The molecule has 6 nitrogen and oxygen atoms in total. The van der Waals surface area contributed by atoms with E-state index in [0.29, 0.717) is 19.7 Å². The summed E-state index contributed by atoms with van der Waals surface area (Å²) >= 11 is 1.53. The summed E-state index contributed by atoms with van der Waals surface area (Å²) in [5.74, 6) is 1.54. The highest BCUT2D eigenvalue weighted by Crippen LogP contribution is 2.19. The van der Waals surface area contributed by atoms with E-state index in [2.05, 4.69) is 4.98 Å². The number of hydrogen-bond donors (Lipinski definition) is 0. The van der Waals surface area contributed by atoms with Gasteiger partial charge in [-0.3, -0.25) is 4.79 Å². The summed E-state index contributed by atoms with van der Waals surface area (Å²) in [7, 11) is 3.16. The summed E-state index contributed by atoms with van der Waals surface area (Å²) in [4.78, 5) is 18.4. The molecule has 25 heavy (non-hydrogen) atoms. The number of hydrogen-bond acceptors (Lipinski definition) is 6. The predicted octanol–water partition coefficient (Wildman–Crippen LogP) is 3.12. The Morgan fingerprint density at radius 2 is 1.92 bits per heavy atom. The molecule has 1 amide bonds. The Morgan fingerprint density at radius 1 is 1.20 bits per heavy atom. The molecule has 0 aliphatic carbocycles. The van der Waals surface area contributed by atoms with Crippen molar-refractivity contribution in [1.29, 1.82) is 0 Å². The lowest BCUT2D eigenvalue weighted by Gasteiger charge is -2.20. The van der Waals surface area contributed by atoms with Crippen molar-refractivity contribution in [1.82, 2.24) is 9.88 Å². The molecule has 1 aromatic heterocycles. The number of carbonyl (C=O) groups is 1. The molecule has 2 aromatic rings. The van der Waals surface area contributed by atoms with E-state index in [-0.39, 0.29) is 12.5 Å². The Labute approximate surface area is 152 Å². The SMILES string of the molecule is CCCN(Cc1csc(COc2ccc(OC)cc2)n1)C(=O)COC. The summed E-state index contributed by atoms with van der Waals surface area (Å²) in [6.07, 6.45) is 0.896. The van der Waals surface area contributed by atoms with Gasteiger partial charge in [-0.05, 0) is 30.7 Å². The van der Waals surface area contributed by atoms with Gasteiger partial charge >= 0.3 is 0 Å². The van der Waals surface area contributed by atoms with E-state index in [1.54, 1.807) is 12.0 Å². The standard InChI is InChI=1S/C18H24N2O4S/c1-4-9-20(18(21)12-22-2)10-14-13-25-17(19-14)11-24-16-7-5-15(23-3)6-8-16/h5-8,13H,4,9-12H2,1-3H3. The minimum Gasteiger partial charge on any atom is -0.497 e. The Bertz CT molecular complexity index is 657. The van der Waals surface area contributed by atoms with Crippen LogP contribution in [0.5, 0.6) is 11.5 Å². The Hall–Kier alpha value is -2.12. The number of nitrogens with zero attached hydrogens (tertiary/aromatic N) is 2. The van der Waals surface area contributed by atoms with Gasteiger partial charge in [0, 0.05) is 19.0 Å². The third-order valence-corrected chi connectivity index (χ3v) is 4.36. The van der Waals surface area contributed by atoms with Crippen LogP contribution in [-0.2, 0) is 22.7 Å². The Balaban J connectivity index is 1.90. The highest BCUT2D eigenvalue weighted by atomic mass is 32.1. The van der Waals surface area contributed by atoms with Crippen LogP contribution in [0.2, 0.25) is 0 Å². The quantitative estimate of drug-likeness (QED) is 0.648. The maximum absolute atomic E-state index is 12.0. The first-order chi connectivity index (χ1) is 12.2. The maximum Gasteiger partial charge on any atom is 0.248 e. The number of aromatic nitrogens is 1. The maximum atomic E-state index is 12.0. The molecule has 0 bridgehead atoms. The number of thiazole rings is 1. The van der Waals surface area contributed by atoms with Crippen LogP contribution in [0.4, 0.5) is 0 Å². The molecule has 0 radical (unpaired) electrons. The van der Waals surface area contributed by atoms with Crippen LogP contribution in [-0.4, -0.2) is 43.2 Å². The fourth-order valence-corrected chi connectivity index (χ4v) is 2.97. The van der Waals surface area contributed by atoms with Crippen LogP contribution in [0.1, 0.15) is 24.0 Å². The van der Waals surface area contributed by atoms with Crippen LogP contribution in [0.3, 0.4) is 0 Å². The van der Waals surface area contributed by atoms with Gasteiger partial charge in [-0.1, -0.05) is 6.92 Å². The first kappa shape index (κ1) is 19.2. The van der Waals surface area contributed by atoms with Gasteiger partial charge in [0.05, 0.1) is 19.3 Å². The molecule has 136 valence electrons. The van der Waals surface area contributed by atoms with Gasteiger partial charge in [-0.15, -0.1) is 11.3 Å². The lowest BCUT2D eigenvalue weighted by molar-refractivity contribution is -0.135. The van der Waals surface area contributed by atoms with Crippen molar-refractivity contribution >= 4 is 17.2 Å². The van der Waals surface area contributed by atoms with Crippen molar-refractivity contribution in [2.75, 3.05) is 27.4 Å². The van der Waals surface area contributed by atoms with Crippen molar-refractivity contribution < 1.29 is 19.0 Å². The molecule has 0 saturated carbocycles. The highest BCUT2D eigenvalue weighted by Gasteiger charge is 2.14. The average molecular weight is 364 g/mol. The zero-order chi connectivity index (χ0) is 18.1. The van der Waals surface area contributed by atoms with Crippen LogP contribution in [0.25, 0.3) is 0 Å². The van der Waals surface area contributed by atoms with E-state index in [1.807, 2.05) is 36.6 Å². The van der Waals surface area contributed by atoms with E-state index in [1.165, 1.54) is 18.4 Å². The molecule has 2 rings (SSSR count). The predicted molar refractivity (Wildman–Crippen MR) is 97.0 cm³/mol. The van der Waals surface area contributed by atoms with Crippen molar-refractivity contribution in [3.05, 3.63) is 40.3 Å². The van der Waals surface area contributed by atoms with E-state index in [9.17, 15) is 4.79 Å². The zero-order valence-electron chi connectivity index (χ0n) is 14.9. The van der Waals surface area contributed by atoms with Crippen molar-refractivity contribution in [3.63, 3.8) is 0 Å². The van der Waals surface area contributed by atoms with E-state index in [0.717, 1.165) is 28.6 Å². The Morgan fingerprint density at radius 3 is 2.56 bits per heavy atom. The van der Waals surface area contributed by atoms with Crippen LogP contribution >= 0.6 is 11.3 Å². The molecule has 0 spiro atoms. The minimum atomic E-state index is -0.0200. The van der Waals surface area contributed by atoms with Crippen molar-refractivity contribution in [2.24, 2.45) is 0 Å². The minimum absolute atomic E-state index is 0.0200. The van der Waals surface area contributed by atoms with Gasteiger partial charge in [-0.2, -0.15) is 0 Å². The third-order valence-electron chi connectivity index (χ3n) is 3.49. The van der Waals surface area contributed by atoms with Gasteiger partial charge in [0.15, 0.2) is 0 Å². The molecule has 0 unspecified atom stereocenters. The second-order valence-corrected chi connectivity index (χ2v) is 6.39. The molecule has 0 fully saturated rings. The van der Waals surface area contributed by atoms with Gasteiger partial charge in [-0.25, -0.2) is 4.98 Å². The summed E-state index contributed by atoms with van der Waals surface area (Å²) in [5, 5.41) is 2.84. The number of rotatable bonds is 10. The van der Waals surface area contributed by atoms with E-state index >= 15 is 0 Å². The second kappa shape index (κ2) is 10.0.